The molecule has 0 spiro atoms. The molecule has 140 valence electrons. The van der Waals surface area contributed by atoms with E-state index < -0.39 is 0 Å². The fraction of sp³-hybridized carbons (Fsp3) is 0.850. The fourth-order valence-corrected chi connectivity index (χ4v) is 2.57. The van der Waals surface area contributed by atoms with E-state index in [1.165, 1.54) is 70.6 Å². The Kier molecular flexibility index (Phi) is 24.9. The normalized spacial score (nSPS) is 10.8. The minimum Gasteiger partial charge on any atom is -0.463 e. The Bertz CT molecular complexity index is 280. The summed E-state index contributed by atoms with van der Waals surface area (Å²) in [7, 11) is 0. The third kappa shape index (κ3) is 21.9. The molecule has 0 atom stereocenters. The van der Waals surface area contributed by atoms with Crippen LogP contribution in [0.15, 0.2) is 12.2 Å². The number of hydrogen-bond acceptors (Lipinski definition) is 3. The van der Waals surface area contributed by atoms with Gasteiger partial charge in [0.25, 0.3) is 0 Å². The van der Waals surface area contributed by atoms with Crippen LogP contribution in [-0.4, -0.2) is 24.3 Å². The van der Waals surface area contributed by atoms with E-state index in [4.69, 9.17) is 9.84 Å². The van der Waals surface area contributed by atoms with Gasteiger partial charge in [-0.05, 0) is 32.1 Å². The van der Waals surface area contributed by atoms with Crippen molar-refractivity contribution in [2.24, 2.45) is 0 Å². The molecular formula is C20H38O3Ti. The monoisotopic (exact) mass is 374 g/mol. The molecule has 0 saturated heterocycles. The Morgan fingerprint density at radius 2 is 1.33 bits per heavy atom. The summed E-state index contributed by atoms with van der Waals surface area (Å²) in [6, 6.07) is 0. The van der Waals surface area contributed by atoms with Gasteiger partial charge in [0, 0.05) is 28.1 Å². The molecule has 4 heteroatoms. The number of esters is 1. The van der Waals surface area contributed by atoms with Gasteiger partial charge in [0.1, 0.15) is 6.61 Å². The van der Waals surface area contributed by atoms with E-state index in [2.05, 4.69) is 19.1 Å². The molecular weight excluding hydrogens is 336 g/mol. The summed E-state index contributed by atoms with van der Waals surface area (Å²) in [4.78, 5) is 11.2. The van der Waals surface area contributed by atoms with Crippen LogP contribution in [-0.2, 0) is 31.2 Å². The van der Waals surface area contributed by atoms with Gasteiger partial charge in [-0.3, -0.25) is 4.79 Å². The Hall–Kier alpha value is -0.116. The maximum absolute atomic E-state index is 11.2. The topological polar surface area (TPSA) is 46.5 Å². The van der Waals surface area contributed by atoms with Gasteiger partial charge in [-0.25, -0.2) is 0 Å². The van der Waals surface area contributed by atoms with Crippen molar-refractivity contribution < 1.29 is 36.4 Å². The number of aliphatic hydroxyl groups is 1. The van der Waals surface area contributed by atoms with Gasteiger partial charge >= 0.3 is 5.97 Å². The second kappa shape index (κ2) is 22.9. The molecule has 0 heterocycles. The van der Waals surface area contributed by atoms with Crippen molar-refractivity contribution in [3.8, 4) is 0 Å². The molecule has 0 saturated carbocycles. The van der Waals surface area contributed by atoms with Crippen LogP contribution < -0.4 is 0 Å². The molecule has 0 amide bonds. The van der Waals surface area contributed by atoms with E-state index in [0.29, 0.717) is 6.42 Å². The molecule has 0 aliphatic rings. The number of ether oxygens (including phenoxy) is 1. The van der Waals surface area contributed by atoms with Crippen molar-refractivity contribution in [3.63, 3.8) is 0 Å². The quantitative estimate of drug-likeness (QED) is 0.157. The molecule has 0 aromatic carbocycles. The molecule has 0 radical (unpaired) electrons. The minimum absolute atomic E-state index is 0. The Balaban J connectivity index is 0. The van der Waals surface area contributed by atoms with E-state index in [1.54, 1.807) is 0 Å². The zero-order valence-electron chi connectivity index (χ0n) is 15.7. The standard InChI is InChI=1S/C20H38O3.Ti/c1-2-3-4-5-6-7-8-9-10-11-12-13-14-15-16-17-20(22)23-19-18-21;/h9-10,21H,2-8,11-19H2,1H3;/b10-9-;. The molecule has 1 N–H and O–H groups in total. The molecule has 0 aliphatic heterocycles. The number of unbranched alkanes of at least 4 members (excludes halogenated alkanes) is 11. The van der Waals surface area contributed by atoms with E-state index in [0.717, 1.165) is 12.8 Å². The van der Waals surface area contributed by atoms with Crippen LogP contribution in [0.1, 0.15) is 96.8 Å². The summed E-state index contributed by atoms with van der Waals surface area (Å²) < 4.78 is 4.81. The average molecular weight is 374 g/mol. The van der Waals surface area contributed by atoms with Crippen molar-refractivity contribution >= 4 is 5.97 Å². The molecule has 0 aliphatic carbocycles. The molecule has 24 heavy (non-hydrogen) atoms. The molecule has 0 fully saturated rings. The SMILES string of the molecule is CCCCCCCC/C=C\CCCCCCCC(=O)OCCO.[Ti]. The van der Waals surface area contributed by atoms with Crippen molar-refractivity contribution in [1.82, 2.24) is 0 Å². The largest absolute Gasteiger partial charge is 0.463 e. The predicted octanol–water partition coefficient (Wildman–Crippen LogP) is 5.56. The molecule has 3 nitrogen and oxygen atoms in total. The van der Waals surface area contributed by atoms with Crippen LogP contribution in [0.25, 0.3) is 0 Å². The third-order valence-electron chi connectivity index (χ3n) is 4.00. The summed E-state index contributed by atoms with van der Waals surface area (Å²) >= 11 is 0. The molecule has 0 unspecified atom stereocenters. The third-order valence-corrected chi connectivity index (χ3v) is 4.00. The van der Waals surface area contributed by atoms with Crippen molar-refractivity contribution in [2.75, 3.05) is 13.2 Å². The summed E-state index contributed by atoms with van der Waals surface area (Å²) in [5, 5.41) is 8.54. The van der Waals surface area contributed by atoms with Gasteiger partial charge in [0.2, 0.25) is 0 Å². The zero-order chi connectivity index (χ0) is 17.0. The van der Waals surface area contributed by atoms with Gasteiger partial charge in [-0.15, -0.1) is 0 Å². The fourth-order valence-electron chi connectivity index (χ4n) is 2.57. The van der Waals surface area contributed by atoms with Gasteiger partial charge in [0.05, 0.1) is 6.61 Å². The van der Waals surface area contributed by atoms with Crippen LogP contribution >= 0.6 is 0 Å². The van der Waals surface area contributed by atoms with Crippen molar-refractivity contribution in [1.29, 1.82) is 0 Å². The first kappa shape index (κ1) is 26.1. The number of rotatable bonds is 17. The first-order valence-electron chi connectivity index (χ1n) is 9.72. The number of aliphatic hydroxyl groups excluding tert-OH is 1. The van der Waals surface area contributed by atoms with E-state index >= 15 is 0 Å². The smallest absolute Gasteiger partial charge is 0.305 e. The minimum atomic E-state index is -0.184. The van der Waals surface area contributed by atoms with Gasteiger partial charge in [-0.1, -0.05) is 70.4 Å². The van der Waals surface area contributed by atoms with E-state index in [1.807, 2.05) is 0 Å². The number of carbonyl (C=O) groups is 1. The van der Waals surface area contributed by atoms with Crippen LogP contribution in [0.5, 0.6) is 0 Å². The van der Waals surface area contributed by atoms with Crippen LogP contribution in [0.3, 0.4) is 0 Å². The Morgan fingerprint density at radius 1 is 0.833 bits per heavy atom. The van der Waals surface area contributed by atoms with Gasteiger partial charge in [-0.2, -0.15) is 0 Å². The van der Waals surface area contributed by atoms with Crippen LogP contribution in [0, 0.1) is 0 Å². The van der Waals surface area contributed by atoms with Gasteiger partial charge < -0.3 is 9.84 Å². The maximum Gasteiger partial charge on any atom is 0.305 e. The second-order valence-electron chi connectivity index (χ2n) is 6.28. The molecule has 0 bridgehead atoms. The summed E-state index contributed by atoms with van der Waals surface area (Å²) in [5.41, 5.74) is 0. The number of allylic oxidation sites excluding steroid dienone is 2. The maximum atomic E-state index is 11.2. The Labute approximate surface area is 164 Å². The first-order chi connectivity index (χ1) is 11.3. The van der Waals surface area contributed by atoms with E-state index in [-0.39, 0.29) is 40.9 Å². The number of carbonyl (C=O) groups excluding carboxylic acids is 1. The second-order valence-corrected chi connectivity index (χ2v) is 6.28. The Morgan fingerprint density at radius 3 is 1.88 bits per heavy atom. The van der Waals surface area contributed by atoms with Gasteiger partial charge in [0.15, 0.2) is 0 Å². The molecule has 0 aromatic heterocycles. The van der Waals surface area contributed by atoms with Crippen LogP contribution in [0.2, 0.25) is 0 Å². The predicted molar refractivity (Wildman–Crippen MR) is 97.5 cm³/mol. The first-order valence-corrected chi connectivity index (χ1v) is 9.72. The molecule has 0 aromatic rings. The number of hydrogen-bond donors (Lipinski definition) is 1. The summed E-state index contributed by atoms with van der Waals surface area (Å²) in [6.07, 6.45) is 21.5. The van der Waals surface area contributed by atoms with Crippen LogP contribution in [0.4, 0.5) is 0 Å². The van der Waals surface area contributed by atoms with E-state index in [9.17, 15) is 4.79 Å². The zero-order valence-corrected chi connectivity index (χ0v) is 17.3. The molecule has 0 rings (SSSR count). The average Bonchev–Trinajstić information content (AvgIpc) is 2.56. The summed E-state index contributed by atoms with van der Waals surface area (Å²) in [6.45, 7) is 2.30. The summed E-state index contributed by atoms with van der Waals surface area (Å²) in [5.74, 6) is -0.184. The van der Waals surface area contributed by atoms with Crippen molar-refractivity contribution in [2.45, 2.75) is 96.8 Å². The van der Waals surface area contributed by atoms with Crippen molar-refractivity contribution in [3.05, 3.63) is 12.2 Å².